The van der Waals surface area contributed by atoms with Crippen molar-refractivity contribution in [2.75, 3.05) is 20.1 Å². The van der Waals surface area contributed by atoms with Gasteiger partial charge in [-0.3, -0.25) is 14.5 Å². The number of aryl methyl sites for hydroxylation is 1. The van der Waals surface area contributed by atoms with Crippen LogP contribution in [0.25, 0.3) is 0 Å². The van der Waals surface area contributed by atoms with Gasteiger partial charge in [-0.2, -0.15) is 0 Å². The van der Waals surface area contributed by atoms with Gasteiger partial charge < -0.3 is 14.2 Å². The van der Waals surface area contributed by atoms with Crippen LogP contribution < -0.4 is 0 Å². The van der Waals surface area contributed by atoms with Crippen LogP contribution >= 0.6 is 0 Å². The maximum Gasteiger partial charge on any atom is 0.327 e. The van der Waals surface area contributed by atoms with E-state index in [1.165, 1.54) is 18.3 Å². The maximum absolute atomic E-state index is 13.0. The number of amides is 4. The number of hydrogen-bond acceptors (Lipinski definition) is 5. The van der Waals surface area contributed by atoms with Crippen molar-refractivity contribution in [1.29, 1.82) is 0 Å². The topological polar surface area (TPSA) is 87.0 Å². The van der Waals surface area contributed by atoms with E-state index in [0.29, 0.717) is 50.4 Å². The zero-order valence-corrected chi connectivity index (χ0v) is 16.6. The van der Waals surface area contributed by atoms with E-state index in [1.807, 2.05) is 37.3 Å². The highest BCUT2D eigenvalue weighted by Gasteiger charge is 2.57. The molecule has 29 heavy (non-hydrogen) atoms. The Morgan fingerprint density at radius 2 is 1.86 bits per heavy atom. The predicted octanol–water partition coefficient (Wildman–Crippen LogP) is 2.31. The highest BCUT2D eigenvalue weighted by Crippen LogP contribution is 2.38. The Morgan fingerprint density at radius 3 is 2.52 bits per heavy atom. The quantitative estimate of drug-likeness (QED) is 0.740. The van der Waals surface area contributed by atoms with Gasteiger partial charge in [0.25, 0.3) is 11.8 Å². The average molecular weight is 396 g/mol. The number of oxazole rings is 1. The number of rotatable bonds is 4. The lowest BCUT2D eigenvalue weighted by Gasteiger charge is -2.42. The molecule has 0 unspecified atom stereocenters. The van der Waals surface area contributed by atoms with Crippen molar-refractivity contribution in [3.05, 3.63) is 53.7 Å². The van der Waals surface area contributed by atoms with Crippen LogP contribution in [-0.4, -0.2) is 63.2 Å². The molecule has 8 nitrogen and oxygen atoms in total. The van der Waals surface area contributed by atoms with Gasteiger partial charge in [-0.05, 0) is 18.4 Å². The number of nitrogens with zero attached hydrogens (tertiary/aromatic N) is 4. The molecule has 2 saturated heterocycles. The molecule has 0 N–H and O–H groups in total. The SMILES string of the molecule is CCc1ocnc1C(=O)N1CCC2(CC1)C(=O)N(C)C(=O)N2Cc1ccccc1. The molecule has 0 aliphatic carbocycles. The molecule has 1 aromatic carbocycles. The first-order valence-corrected chi connectivity index (χ1v) is 9.83. The van der Waals surface area contributed by atoms with Gasteiger partial charge in [-0.15, -0.1) is 0 Å². The zero-order valence-electron chi connectivity index (χ0n) is 16.6. The van der Waals surface area contributed by atoms with Crippen molar-refractivity contribution in [3.8, 4) is 0 Å². The maximum atomic E-state index is 13.0. The standard InChI is InChI=1S/C21H24N4O4/c1-3-16-17(22-14-29-16)18(26)24-11-9-21(10-12-24)19(27)23(2)20(28)25(21)13-15-7-5-4-6-8-15/h4-8,14H,3,9-13H2,1-2H3. The molecular formula is C21H24N4O4. The molecule has 1 aromatic heterocycles. The molecule has 2 aliphatic rings. The summed E-state index contributed by atoms with van der Waals surface area (Å²) in [5.41, 5.74) is 0.392. The molecule has 4 amide bonds. The second kappa shape index (κ2) is 7.35. The van der Waals surface area contributed by atoms with Gasteiger partial charge in [0.1, 0.15) is 11.3 Å². The summed E-state index contributed by atoms with van der Waals surface area (Å²) in [6.45, 7) is 3.04. The van der Waals surface area contributed by atoms with Crippen molar-refractivity contribution in [1.82, 2.24) is 19.7 Å². The van der Waals surface area contributed by atoms with Gasteiger partial charge in [-0.25, -0.2) is 9.78 Å². The van der Waals surface area contributed by atoms with Crippen LogP contribution in [0.2, 0.25) is 0 Å². The Balaban J connectivity index is 1.55. The molecule has 1 spiro atoms. The molecular weight excluding hydrogens is 372 g/mol. The summed E-state index contributed by atoms with van der Waals surface area (Å²) in [5.74, 6) is 0.180. The summed E-state index contributed by atoms with van der Waals surface area (Å²) in [6, 6.07) is 9.35. The van der Waals surface area contributed by atoms with Crippen LogP contribution in [0.15, 0.2) is 41.1 Å². The third kappa shape index (κ3) is 3.08. The van der Waals surface area contributed by atoms with Crippen LogP contribution in [0.5, 0.6) is 0 Å². The number of piperidine rings is 1. The summed E-state index contributed by atoms with van der Waals surface area (Å²) in [6.07, 6.45) is 2.67. The van der Waals surface area contributed by atoms with Crippen molar-refractivity contribution >= 4 is 17.8 Å². The van der Waals surface area contributed by atoms with Gasteiger partial charge in [-0.1, -0.05) is 37.3 Å². The Morgan fingerprint density at radius 1 is 1.17 bits per heavy atom. The lowest BCUT2D eigenvalue weighted by Crippen LogP contribution is -2.57. The minimum absolute atomic E-state index is 0.190. The Labute approximate surface area is 169 Å². The smallest absolute Gasteiger partial charge is 0.327 e. The number of carbonyl (C=O) groups is 3. The lowest BCUT2D eigenvalue weighted by molar-refractivity contribution is -0.134. The highest BCUT2D eigenvalue weighted by atomic mass is 16.3. The van der Waals surface area contributed by atoms with Gasteiger partial charge in [0.15, 0.2) is 12.1 Å². The van der Waals surface area contributed by atoms with E-state index < -0.39 is 5.54 Å². The van der Waals surface area contributed by atoms with Crippen molar-refractivity contribution in [2.45, 2.75) is 38.3 Å². The first-order valence-electron chi connectivity index (χ1n) is 9.83. The zero-order chi connectivity index (χ0) is 20.6. The minimum atomic E-state index is -0.907. The highest BCUT2D eigenvalue weighted by molar-refractivity contribution is 6.07. The van der Waals surface area contributed by atoms with Crippen LogP contribution in [0.4, 0.5) is 4.79 Å². The summed E-state index contributed by atoms with van der Waals surface area (Å²) in [5, 5.41) is 0. The van der Waals surface area contributed by atoms with Crippen molar-refractivity contribution < 1.29 is 18.8 Å². The fourth-order valence-electron chi connectivity index (χ4n) is 4.27. The second-order valence-electron chi connectivity index (χ2n) is 7.52. The number of carbonyl (C=O) groups excluding carboxylic acids is 3. The minimum Gasteiger partial charge on any atom is -0.448 e. The predicted molar refractivity (Wildman–Crippen MR) is 104 cm³/mol. The molecule has 0 saturated carbocycles. The van der Waals surface area contributed by atoms with Gasteiger partial charge in [0.2, 0.25) is 0 Å². The van der Waals surface area contributed by atoms with E-state index in [9.17, 15) is 14.4 Å². The molecule has 0 radical (unpaired) electrons. The third-order valence-electron chi connectivity index (χ3n) is 5.96. The van der Waals surface area contributed by atoms with E-state index in [4.69, 9.17) is 4.42 Å². The Kier molecular flexibility index (Phi) is 4.86. The number of imide groups is 1. The molecule has 2 fully saturated rings. The van der Waals surface area contributed by atoms with E-state index in [-0.39, 0.29) is 17.8 Å². The molecule has 4 rings (SSSR count). The molecule has 0 bridgehead atoms. The molecule has 152 valence electrons. The number of likely N-dealkylation sites (N-methyl/N-ethyl adjacent to an activating group) is 1. The Hall–Kier alpha value is -3.16. The monoisotopic (exact) mass is 396 g/mol. The van der Waals surface area contributed by atoms with Crippen LogP contribution in [-0.2, 0) is 17.8 Å². The second-order valence-corrected chi connectivity index (χ2v) is 7.52. The number of urea groups is 1. The third-order valence-corrected chi connectivity index (χ3v) is 5.96. The van der Waals surface area contributed by atoms with E-state index >= 15 is 0 Å². The number of hydrogen-bond donors (Lipinski definition) is 0. The summed E-state index contributed by atoms with van der Waals surface area (Å²) in [7, 11) is 1.53. The largest absolute Gasteiger partial charge is 0.448 e. The molecule has 2 aromatic rings. The normalized spacial score (nSPS) is 18.8. The van der Waals surface area contributed by atoms with Crippen LogP contribution in [0.3, 0.4) is 0 Å². The first-order chi connectivity index (χ1) is 14.0. The molecule has 3 heterocycles. The Bertz CT molecular complexity index is 931. The summed E-state index contributed by atoms with van der Waals surface area (Å²) >= 11 is 0. The van der Waals surface area contributed by atoms with Gasteiger partial charge in [0.05, 0.1) is 0 Å². The number of benzene rings is 1. The van der Waals surface area contributed by atoms with E-state index in [1.54, 1.807) is 9.80 Å². The van der Waals surface area contributed by atoms with Crippen LogP contribution in [0.1, 0.15) is 41.6 Å². The number of likely N-dealkylation sites (tertiary alicyclic amines) is 1. The molecule has 2 aliphatic heterocycles. The lowest BCUT2D eigenvalue weighted by atomic mass is 9.85. The van der Waals surface area contributed by atoms with Gasteiger partial charge in [0, 0.05) is 33.1 Å². The van der Waals surface area contributed by atoms with Gasteiger partial charge >= 0.3 is 6.03 Å². The summed E-state index contributed by atoms with van der Waals surface area (Å²) in [4.78, 5) is 47.3. The average Bonchev–Trinajstić information content (AvgIpc) is 3.30. The fraction of sp³-hybridized carbons (Fsp3) is 0.429. The number of aromatic nitrogens is 1. The first kappa shape index (κ1) is 19.2. The summed E-state index contributed by atoms with van der Waals surface area (Å²) < 4.78 is 5.28. The molecule has 8 heteroatoms. The van der Waals surface area contributed by atoms with E-state index in [2.05, 4.69) is 4.98 Å². The van der Waals surface area contributed by atoms with Crippen LogP contribution in [0, 0.1) is 0 Å². The fourth-order valence-corrected chi connectivity index (χ4v) is 4.27. The molecule has 0 atom stereocenters. The van der Waals surface area contributed by atoms with E-state index in [0.717, 1.165) is 5.56 Å². The van der Waals surface area contributed by atoms with Crippen molar-refractivity contribution in [2.24, 2.45) is 0 Å². The van der Waals surface area contributed by atoms with Crippen molar-refractivity contribution in [3.63, 3.8) is 0 Å².